The zero-order chi connectivity index (χ0) is 20.0. The molecule has 0 atom stereocenters. The van der Waals surface area contributed by atoms with Gasteiger partial charge in [-0.05, 0) is 60.9 Å². The quantitative estimate of drug-likeness (QED) is 0.679. The predicted octanol–water partition coefficient (Wildman–Crippen LogP) is 3.65. The summed E-state index contributed by atoms with van der Waals surface area (Å²) >= 11 is 0. The molecule has 0 saturated heterocycles. The van der Waals surface area contributed by atoms with Crippen LogP contribution in [0.25, 0.3) is 11.5 Å². The standard InChI is InChI=1S/C22H19FN2O4/c1-13-18(24-22(29-13)14-2-4-17(23)5-3-14)10-21(26)25-7-6-15-8-19-20(28-12-27-19)9-16(15)11-25/h2-5,8-9H,6-7,10-12H2,1H3. The zero-order valence-corrected chi connectivity index (χ0v) is 15.9. The Kier molecular flexibility index (Phi) is 4.23. The number of amides is 1. The van der Waals surface area contributed by atoms with E-state index in [0.29, 0.717) is 36.0 Å². The lowest BCUT2D eigenvalue weighted by molar-refractivity contribution is -0.131. The number of rotatable bonds is 3. The van der Waals surface area contributed by atoms with Crippen molar-refractivity contribution in [3.05, 3.63) is 64.8 Å². The van der Waals surface area contributed by atoms with Gasteiger partial charge in [-0.1, -0.05) is 0 Å². The third kappa shape index (κ3) is 3.33. The number of ether oxygens (including phenoxy) is 2. The number of halogens is 1. The van der Waals surface area contributed by atoms with Crippen LogP contribution in [0.4, 0.5) is 4.39 Å². The van der Waals surface area contributed by atoms with Crippen LogP contribution in [-0.4, -0.2) is 29.1 Å². The van der Waals surface area contributed by atoms with E-state index in [1.807, 2.05) is 17.0 Å². The number of oxazole rings is 1. The van der Waals surface area contributed by atoms with Crippen molar-refractivity contribution in [3.63, 3.8) is 0 Å². The van der Waals surface area contributed by atoms with Crippen molar-refractivity contribution in [1.29, 1.82) is 0 Å². The Morgan fingerprint density at radius 3 is 2.62 bits per heavy atom. The van der Waals surface area contributed by atoms with Gasteiger partial charge in [0, 0.05) is 18.7 Å². The van der Waals surface area contributed by atoms with Crippen LogP contribution in [0.2, 0.25) is 0 Å². The second-order valence-electron chi connectivity index (χ2n) is 7.25. The van der Waals surface area contributed by atoms with Crippen molar-refractivity contribution >= 4 is 5.91 Å². The third-order valence-electron chi connectivity index (χ3n) is 5.36. The Morgan fingerprint density at radius 1 is 1.14 bits per heavy atom. The van der Waals surface area contributed by atoms with Crippen molar-refractivity contribution in [3.8, 4) is 23.0 Å². The molecule has 0 fully saturated rings. The van der Waals surface area contributed by atoms with E-state index in [2.05, 4.69) is 4.98 Å². The molecule has 2 aromatic carbocycles. The van der Waals surface area contributed by atoms with Crippen molar-refractivity contribution in [2.24, 2.45) is 0 Å². The first-order chi connectivity index (χ1) is 14.1. The highest BCUT2D eigenvalue weighted by atomic mass is 19.1. The molecule has 2 aliphatic rings. The van der Waals surface area contributed by atoms with Crippen LogP contribution in [0.3, 0.4) is 0 Å². The summed E-state index contributed by atoms with van der Waals surface area (Å²) in [5.41, 5.74) is 3.55. The first kappa shape index (κ1) is 17.7. The number of benzene rings is 2. The average molecular weight is 394 g/mol. The van der Waals surface area contributed by atoms with Gasteiger partial charge in [0.25, 0.3) is 0 Å². The van der Waals surface area contributed by atoms with Gasteiger partial charge in [0.1, 0.15) is 11.6 Å². The maximum Gasteiger partial charge on any atom is 0.231 e. The summed E-state index contributed by atoms with van der Waals surface area (Å²) < 4.78 is 29.7. The maximum absolute atomic E-state index is 13.1. The largest absolute Gasteiger partial charge is 0.454 e. The lowest BCUT2D eigenvalue weighted by Gasteiger charge is -2.29. The number of carbonyl (C=O) groups is 1. The van der Waals surface area contributed by atoms with Crippen LogP contribution >= 0.6 is 0 Å². The number of hydrogen-bond donors (Lipinski definition) is 0. The summed E-state index contributed by atoms with van der Waals surface area (Å²) in [5, 5.41) is 0. The first-order valence-corrected chi connectivity index (χ1v) is 9.48. The minimum absolute atomic E-state index is 0.00428. The SMILES string of the molecule is Cc1oc(-c2ccc(F)cc2)nc1CC(=O)N1CCc2cc3c(cc2C1)OCO3. The summed E-state index contributed by atoms with van der Waals surface area (Å²) in [6.45, 7) is 3.21. The van der Waals surface area contributed by atoms with Crippen LogP contribution in [-0.2, 0) is 24.2 Å². The summed E-state index contributed by atoms with van der Waals surface area (Å²) in [5.74, 6) is 2.17. The molecule has 6 nitrogen and oxygen atoms in total. The minimum Gasteiger partial charge on any atom is -0.454 e. The fraction of sp³-hybridized carbons (Fsp3) is 0.273. The molecule has 0 saturated carbocycles. The molecule has 5 rings (SSSR count). The number of aryl methyl sites for hydroxylation is 1. The molecule has 0 unspecified atom stereocenters. The molecule has 0 aliphatic carbocycles. The monoisotopic (exact) mass is 394 g/mol. The van der Waals surface area contributed by atoms with Crippen molar-refractivity contribution in [1.82, 2.24) is 9.88 Å². The van der Waals surface area contributed by atoms with E-state index < -0.39 is 0 Å². The lowest BCUT2D eigenvalue weighted by Crippen LogP contribution is -2.37. The van der Waals surface area contributed by atoms with E-state index in [-0.39, 0.29) is 24.9 Å². The van der Waals surface area contributed by atoms with Gasteiger partial charge in [-0.25, -0.2) is 9.37 Å². The summed E-state index contributed by atoms with van der Waals surface area (Å²) in [4.78, 5) is 19.2. The van der Waals surface area contributed by atoms with E-state index in [1.54, 1.807) is 19.1 Å². The average Bonchev–Trinajstić information content (AvgIpc) is 3.32. The maximum atomic E-state index is 13.1. The molecule has 1 amide bonds. The molecule has 3 aromatic rings. The Morgan fingerprint density at radius 2 is 1.86 bits per heavy atom. The molecule has 7 heteroatoms. The molecule has 148 valence electrons. The topological polar surface area (TPSA) is 64.8 Å². The Labute approximate surface area is 166 Å². The number of nitrogens with zero attached hydrogens (tertiary/aromatic N) is 2. The fourth-order valence-electron chi connectivity index (χ4n) is 3.72. The molecule has 2 aliphatic heterocycles. The van der Waals surface area contributed by atoms with Gasteiger partial charge in [-0.15, -0.1) is 0 Å². The summed E-state index contributed by atoms with van der Waals surface area (Å²) in [6, 6.07) is 9.91. The van der Waals surface area contributed by atoms with Crippen LogP contribution in [0.5, 0.6) is 11.5 Å². The van der Waals surface area contributed by atoms with Crippen molar-refractivity contribution < 1.29 is 23.1 Å². The molecule has 29 heavy (non-hydrogen) atoms. The van der Waals surface area contributed by atoms with E-state index in [1.165, 1.54) is 17.7 Å². The van der Waals surface area contributed by atoms with Crippen LogP contribution < -0.4 is 9.47 Å². The van der Waals surface area contributed by atoms with E-state index in [9.17, 15) is 9.18 Å². The Hall–Kier alpha value is -3.35. The van der Waals surface area contributed by atoms with Crippen LogP contribution in [0.1, 0.15) is 22.6 Å². The van der Waals surface area contributed by atoms with E-state index in [0.717, 1.165) is 23.5 Å². The number of aromatic nitrogens is 1. The molecular weight excluding hydrogens is 375 g/mol. The Bertz CT molecular complexity index is 1090. The van der Waals surface area contributed by atoms with Gasteiger partial charge in [0.05, 0.1) is 12.1 Å². The van der Waals surface area contributed by atoms with E-state index >= 15 is 0 Å². The normalized spacial score (nSPS) is 14.8. The summed E-state index contributed by atoms with van der Waals surface area (Å²) in [6.07, 6.45) is 0.937. The zero-order valence-electron chi connectivity index (χ0n) is 15.9. The Balaban J connectivity index is 1.31. The first-order valence-electron chi connectivity index (χ1n) is 9.48. The molecule has 0 spiro atoms. The molecule has 3 heterocycles. The number of fused-ring (bicyclic) bond motifs is 2. The second kappa shape index (κ2) is 6.92. The van der Waals surface area contributed by atoms with Crippen molar-refractivity contribution in [2.45, 2.75) is 26.3 Å². The predicted molar refractivity (Wildman–Crippen MR) is 102 cm³/mol. The number of hydrogen-bond acceptors (Lipinski definition) is 5. The van der Waals surface area contributed by atoms with E-state index in [4.69, 9.17) is 13.9 Å². The number of carbonyl (C=O) groups excluding carboxylic acids is 1. The summed E-state index contributed by atoms with van der Waals surface area (Å²) in [7, 11) is 0. The van der Waals surface area contributed by atoms with Crippen LogP contribution in [0, 0.1) is 12.7 Å². The van der Waals surface area contributed by atoms with Gasteiger partial charge in [-0.3, -0.25) is 4.79 Å². The van der Waals surface area contributed by atoms with Gasteiger partial charge in [-0.2, -0.15) is 0 Å². The van der Waals surface area contributed by atoms with Gasteiger partial charge in [0.2, 0.25) is 18.6 Å². The minimum atomic E-state index is -0.319. The molecule has 0 N–H and O–H groups in total. The molecular formula is C22H19FN2O4. The molecule has 0 bridgehead atoms. The van der Waals surface area contributed by atoms with Gasteiger partial charge < -0.3 is 18.8 Å². The third-order valence-corrected chi connectivity index (χ3v) is 5.36. The molecule has 1 aromatic heterocycles. The highest BCUT2D eigenvalue weighted by molar-refractivity contribution is 5.79. The van der Waals surface area contributed by atoms with Gasteiger partial charge >= 0.3 is 0 Å². The highest BCUT2D eigenvalue weighted by Gasteiger charge is 2.26. The second-order valence-corrected chi connectivity index (χ2v) is 7.25. The van der Waals surface area contributed by atoms with Crippen molar-refractivity contribution in [2.75, 3.05) is 13.3 Å². The van der Waals surface area contributed by atoms with Crippen LogP contribution in [0.15, 0.2) is 40.8 Å². The fourth-order valence-corrected chi connectivity index (χ4v) is 3.72. The smallest absolute Gasteiger partial charge is 0.231 e. The molecule has 0 radical (unpaired) electrons. The lowest BCUT2D eigenvalue weighted by atomic mass is 9.98. The van der Waals surface area contributed by atoms with Gasteiger partial charge in [0.15, 0.2) is 11.5 Å². The highest BCUT2D eigenvalue weighted by Crippen LogP contribution is 2.36.